The molecular formula is C10H25O6PSi. The molecule has 0 N–H and O–H groups in total. The molecule has 0 heterocycles. The molecule has 0 saturated carbocycles. The Bertz CT molecular complexity index is 240. The number of hydrogen-bond donors (Lipinski definition) is 0. The minimum Gasteiger partial charge on any atom is -0.377 e. The highest BCUT2D eigenvalue weighted by Gasteiger charge is 2.38. The quantitative estimate of drug-likeness (QED) is 0.431. The second-order valence-corrected chi connectivity index (χ2v) is 8.85. The normalized spacial score (nSPS) is 12.9. The van der Waals surface area contributed by atoms with Crippen molar-refractivity contribution < 1.29 is 26.9 Å². The minimum atomic E-state index is -2.98. The molecule has 0 aromatic rings. The Hall–Kier alpha value is 0.247. The predicted molar refractivity (Wildman–Crippen MR) is 71.9 cm³/mol. The fraction of sp³-hybridized carbons (Fsp3) is 1.00. The molecule has 0 fully saturated rings. The molecule has 0 aliphatic heterocycles. The van der Waals surface area contributed by atoms with Crippen LogP contribution in [-0.2, 0) is 26.9 Å². The highest BCUT2D eigenvalue weighted by molar-refractivity contribution is 7.53. The van der Waals surface area contributed by atoms with Gasteiger partial charge in [0.1, 0.15) is 0 Å². The van der Waals surface area contributed by atoms with Crippen molar-refractivity contribution in [1.29, 1.82) is 0 Å². The maximum Gasteiger partial charge on any atom is 0.500 e. The van der Waals surface area contributed by atoms with E-state index >= 15 is 0 Å². The standard InChI is InChI=1S/C10H25O6PSi/c1-6-15-17(11,16-7-2)9-8-10-18(12-3,13-4)14-5/h6-10H2,1-5H3. The summed E-state index contributed by atoms with van der Waals surface area (Å²) in [5.74, 6) is 0. The molecule has 0 radical (unpaired) electrons. The van der Waals surface area contributed by atoms with Gasteiger partial charge < -0.3 is 22.3 Å². The highest BCUT2D eigenvalue weighted by atomic mass is 31.2. The van der Waals surface area contributed by atoms with E-state index in [2.05, 4.69) is 0 Å². The van der Waals surface area contributed by atoms with Crippen LogP contribution in [0.15, 0.2) is 0 Å². The topological polar surface area (TPSA) is 63.2 Å². The second kappa shape index (κ2) is 9.20. The van der Waals surface area contributed by atoms with Gasteiger partial charge in [-0.3, -0.25) is 4.57 Å². The van der Waals surface area contributed by atoms with Crippen LogP contribution in [0.25, 0.3) is 0 Å². The van der Waals surface area contributed by atoms with E-state index in [4.69, 9.17) is 22.3 Å². The first kappa shape index (κ1) is 18.2. The first-order valence-corrected chi connectivity index (χ1v) is 9.71. The lowest BCUT2D eigenvalue weighted by atomic mass is 10.6. The summed E-state index contributed by atoms with van der Waals surface area (Å²) >= 11 is 0. The van der Waals surface area contributed by atoms with Crippen molar-refractivity contribution >= 4 is 16.4 Å². The van der Waals surface area contributed by atoms with Gasteiger partial charge >= 0.3 is 16.4 Å². The number of hydrogen-bond acceptors (Lipinski definition) is 6. The summed E-state index contributed by atoms with van der Waals surface area (Å²) in [4.78, 5) is 0. The fourth-order valence-corrected chi connectivity index (χ4v) is 5.29. The van der Waals surface area contributed by atoms with Gasteiger partial charge in [0.15, 0.2) is 0 Å². The molecule has 0 spiro atoms. The summed E-state index contributed by atoms with van der Waals surface area (Å²) in [5, 5.41) is 0. The third-order valence-corrected chi connectivity index (χ3v) is 7.50. The van der Waals surface area contributed by atoms with Gasteiger partial charge in [0.2, 0.25) is 0 Å². The maximum absolute atomic E-state index is 12.2. The van der Waals surface area contributed by atoms with Crippen molar-refractivity contribution in [3.05, 3.63) is 0 Å². The Kier molecular flexibility index (Phi) is 9.32. The van der Waals surface area contributed by atoms with E-state index in [1.165, 1.54) is 0 Å². The summed E-state index contributed by atoms with van der Waals surface area (Å²) in [6.07, 6.45) is 0.957. The lowest BCUT2D eigenvalue weighted by molar-refractivity contribution is 0.123. The van der Waals surface area contributed by atoms with Crippen molar-refractivity contribution in [3.8, 4) is 0 Å². The highest BCUT2D eigenvalue weighted by Crippen LogP contribution is 2.49. The Balaban J connectivity index is 4.32. The zero-order valence-corrected chi connectivity index (χ0v) is 13.8. The molecule has 0 saturated heterocycles. The van der Waals surface area contributed by atoms with Crippen molar-refractivity contribution in [1.82, 2.24) is 0 Å². The Morgan fingerprint density at radius 2 is 1.39 bits per heavy atom. The van der Waals surface area contributed by atoms with E-state index in [0.717, 1.165) is 0 Å². The third-order valence-electron chi connectivity index (χ3n) is 2.50. The molecule has 0 bridgehead atoms. The average molecular weight is 300 g/mol. The van der Waals surface area contributed by atoms with Crippen LogP contribution in [-0.4, -0.2) is 49.5 Å². The first-order valence-electron chi connectivity index (χ1n) is 6.05. The molecule has 0 aromatic carbocycles. The summed E-state index contributed by atoms with van der Waals surface area (Å²) in [5.41, 5.74) is 0. The zero-order valence-electron chi connectivity index (χ0n) is 11.9. The lowest BCUT2D eigenvalue weighted by Crippen LogP contribution is -2.42. The van der Waals surface area contributed by atoms with Gasteiger partial charge in [-0.1, -0.05) is 0 Å². The van der Waals surface area contributed by atoms with Crippen LogP contribution in [0.3, 0.4) is 0 Å². The van der Waals surface area contributed by atoms with Crippen LogP contribution < -0.4 is 0 Å². The van der Waals surface area contributed by atoms with E-state index in [9.17, 15) is 4.57 Å². The van der Waals surface area contributed by atoms with Gasteiger partial charge in [0, 0.05) is 27.4 Å². The van der Waals surface area contributed by atoms with Crippen molar-refractivity contribution in [2.24, 2.45) is 0 Å². The van der Waals surface area contributed by atoms with Crippen LogP contribution in [0.4, 0.5) is 0 Å². The first-order chi connectivity index (χ1) is 8.51. The van der Waals surface area contributed by atoms with Gasteiger partial charge in [-0.2, -0.15) is 0 Å². The Morgan fingerprint density at radius 3 is 1.72 bits per heavy atom. The summed E-state index contributed by atoms with van der Waals surface area (Å²) in [7, 11) is -0.898. The van der Waals surface area contributed by atoms with Crippen molar-refractivity contribution in [2.45, 2.75) is 26.3 Å². The molecule has 6 nitrogen and oxygen atoms in total. The molecule has 0 unspecified atom stereocenters. The molecule has 0 aromatic heterocycles. The van der Waals surface area contributed by atoms with E-state index in [-0.39, 0.29) is 0 Å². The molecule has 110 valence electrons. The second-order valence-electron chi connectivity index (χ2n) is 3.57. The van der Waals surface area contributed by atoms with Gasteiger partial charge in [0.05, 0.1) is 19.4 Å². The summed E-state index contributed by atoms with van der Waals surface area (Å²) in [6.45, 7) is 4.34. The molecule has 0 aliphatic rings. The van der Waals surface area contributed by atoms with Crippen molar-refractivity contribution in [2.75, 3.05) is 40.7 Å². The third kappa shape index (κ3) is 5.93. The Morgan fingerprint density at radius 1 is 0.944 bits per heavy atom. The van der Waals surface area contributed by atoms with Gasteiger partial charge in [-0.25, -0.2) is 0 Å². The van der Waals surface area contributed by atoms with Crippen LogP contribution in [0.2, 0.25) is 6.04 Å². The van der Waals surface area contributed by atoms with Gasteiger partial charge in [0.25, 0.3) is 0 Å². The smallest absolute Gasteiger partial charge is 0.377 e. The van der Waals surface area contributed by atoms with E-state index in [1.807, 2.05) is 0 Å². The largest absolute Gasteiger partial charge is 0.500 e. The average Bonchev–Trinajstić information content (AvgIpc) is 2.36. The van der Waals surface area contributed by atoms with Crippen LogP contribution in [0, 0.1) is 0 Å². The maximum atomic E-state index is 12.2. The fourth-order valence-electron chi connectivity index (χ4n) is 1.61. The van der Waals surface area contributed by atoms with Gasteiger partial charge in [-0.05, 0) is 20.3 Å². The molecule has 0 aliphatic carbocycles. The molecule has 8 heteroatoms. The predicted octanol–water partition coefficient (Wildman–Crippen LogP) is 2.52. The van der Waals surface area contributed by atoms with Crippen molar-refractivity contribution in [3.63, 3.8) is 0 Å². The molecular weight excluding hydrogens is 275 g/mol. The monoisotopic (exact) mass is 300 g/mol. The molecule has 0 amide bonds. The van der Waals surface area contributed by atoms with Gasteiger partial charge in [-0.15, -0.1) is 0 Å². The van der Waals surface area contributed by atoms with Crippen LogP contribution in [0.1, 0.15) is 20.3 Å². The molecule has 18 heavy (non-hydrogen) atoms. The summed E-state index contributed by atoms with van der Waals surface area (Å²) in [6, 6.07) is 0.584. The summed E-state index contributed by atoms with van der Waals surface area (Å²) < 4.78 is 38.5. The lowest BCUT2D eigenvalue weighted by Gasteiger charge is -2.25. The molecule has 0 rings (SSSR count). The number of rotatable bonds is 11. The SMILES string of the molecule is CCOP(=O)(CCC[Si](OC)(OC)OC)OCC. The van der Waals surface area contributed by atoms with E-state index in [0.29, 0.717) is 31.8 Å². The minimum absolute atomic E-state index is 0.347. The van der Waals surface area contributed by atoms with E-state index < -0.39 is 16.4 Å². The Labute approximate surface area is 111 Å². The van der Waals surface area contributed by atoms with Crippen LogP contribution in [0.5, 0.6) is 0 Å². The van der Waals surface area contributed by atoms with Crippen LogP contribution >= 0.6 is 7.60 Å². The van der Waals surface area contributed by atoms with E-state index in [1.54, 1.807) is 35.2 Å². The zero-order chi connectivity index (χ0) is 14.1. The molecule has 0 atom stereocenters.